The predicted octanol–water partition coefficient (Wildman–Crippen LogP) is 5.62. The van der Waals surface area contributed by atoms with Gasteiger partial charge < -0.3 is 15.0 Å². The Balaban J connectivity index is 1.43. The first-order valence-corrected chi connectivity index (χ1v) is 11.6. The second-order valence-electron chi connectivity index (χ2n) is 9.09. The van der Waals surface area contributed by atoms with Gasteiger partial charge in [-0.25, -0.2) is 4.98 Å². The molecule has 1 unspecified atom stereocenters. The third-order valence-corrected chi connectivity index (χ3v) is 6.04. The zero-order chi connectivity index (χ0) is 21.9. The molecule has 0 radical (unpaired) electrons. The molecule has 1 saturated heterocycles. The van der Waals surface area contributed by atoms with Crippen molar-refractivity contribution in [2.45, 2.75) is 39.2 Å². The van der Waals surface area contributed by atoms with Crippen molar-refractivity contribution >= 4 is 10.9 Å². The van der Waals surface area contributed by atoms with E-state index in [9.17, 15) is 0 Å². The number of hydrogen-bond acceptors (Lipinski definition) is 4. The van der Waals surface area contributed by atoms with Crippen LogP contribution in [0.15, 0.2) is 61.1 Å². The molecule has 2 N–H and O–H groups in total. The molecule has 2 aromatic carbocycles. The minimum Gasteiger partial charge on any atom is -0.472 e. The first kappa shape index (κ1) is 20.7. The number of nitrogens with zero attached hydrogens (tertiary/aromatic N) is 2. The molecule has 0 bridgehead atoms. The van der Waals surface area contributed by atoms with Crippen molar-refractivity contribution in [1.29, 1.82) is 0 Å². The average molecular weight is 427 g/mol. The molecule has 1 atom stereocenters. The van der Waals surface area contributed by atoms with Gasteiger partial charge in [0.25, 0.3) is 0 Å². The summed E-state index contributed by atoms with van der Waals surface area (Å²) in [6.07, 6.45) is 8.96. The maximum Gasteiger partial charge on any atom is 0.233 e. The minimum atomic E-state index is 0.154. The van der Waals surface area contributed by atoms with E-state index in [-0.39, 0.29) is 6.10 Å². The molecule has 32 heavy (non-hydrogen) atoms. The number of hydrogen-bond donors (Lipinski definition) is 2. The summed E-state index contributed by atoms with van der Waals surface area (Å²) >= 11 is 0. The predicted molar refractivity (Wildman–Crippen MR) is 130 cm³/mol. The Morgan fingerprint density at radius 3 is 2.69 bits per heavy atom. The molecule has 4 aromatic rings. The number of ether oxygens (including phenoxy) is 1. The molecule has 1 aliphatic heterocycles. The van der Waals surface area contributed by atoms with Crippen LogP contribution in [0.5, 0.6) is 5.88 Å². The fraction of sp³-hybridized carbons (Fsp3) is 0.333. The van der Waals surface area contributed by atoms with E-state index in [1.165, 1.54) is 16.7 Å². The van der Waals surface area contributed by atoms with Gasteiger partial charge in [0.2, 0.25) is 5.88 Å². The van der Waals surface area contributed by atoms with Gasteiger partial charge in [-0.3, -0.25) is 4.98 Å². The Hall–Kier alpha value is -3.18. The van der Waals surface area contributed by atoms with Crippen LogP contribution in [0.25, 0.3) is 33.3 Å². The highest BCUT2D eigenvalue weighted by Gasteiger charge is 2.16. The normalized spacial score (nSPS) is 16.5. The van der Waals surface area contributed by atoms with Gasteiger partial charge >= 0.3 is 0 Å². The Kier molecular flexibility index (Phi) is 5.91. The van der Waals surface area contributed by atoms with Gasteiger partial charge in [-0.1, -0.05) is 44.2 Å². The first-order valence-electron chi connectivity index (χ1n) is 11.6. The molecular weight excluding hydrogens is 396 g/mol. The molecule has 5 heteroatoms. The zero-order valence-corrected chi connectivity index (χ0v) is 18.8. The third kappa shape index (κ3) is 4.53. The molecule has 1 fully saturated rings. The first-order chi connectivity index (χ1) is 15.7. The zero-order valence-electron chi connectivity index (χ0n) is 18.8. The largest absolute Gasteiger partial charge is 0.472 e. The standard InChI is InChI=1S/C27H30N4O/c1-18(2)12-19-5-7-20(8-6-19)21-9-10-25-23(13-21)24(15-30-25)26-16-29-17-27(31-26)32-22-4-3-11-28-14-22/h5-10,13,15-18,22,28,30H,3-4,11-12,14H2,1-2H3. The molecule has 1 aliphatic rings. The van der Waals surface area contributed by atoms with Gasteiger partial charge in [-0.15, -0.1) is 0 Å². The van der Waals surface area contributed by atoms with E-state index < -0.39 is 0 Å². The van der Waals surface area contributed by atoms with Gasteiger partial charge in [0.15, 0.2) is 0 Å². The van der Waals surface area contributed by atoms with Crippen LogP contribution in [0.1, 0.15) is 32.3 Å². The second-order valence-corrected chi connectivity index (χ2v) is 9.09. The lowest BCUT2D eigenvalue weighted by Crippen LogP contribution is -2.37. The van der Waals surface area contributed by atoms with Crippen molar-refractivity contribution in [3.8, 4) is 28.3 Å². The maximum atomic E-state index is 6.09. The Morgan fingerprint density at radius 2 is 1.91 bits per heavy atom. The van der Waals surface area contributed by atoms with Crippen LogP contribution < -0.4 is 10.1 Å². The van der Waals surface area contributed by atoms with Gasteiger partial charge in [0, 0.05) is 29.2 Å². The fourth-order valence-electron chi connectivity index (χ4n) is 4.44. The summed E-state index contributed by atoms with van der Waals surface area (Å²) in [5.74, 6) is 1.25. The molecule has 5 nitrogen and oxygen atoms in total. The summed E-state index contributed by atoms with van der Waals surface area (Å²) < 4.78 is 6.09. The van der Waals surface area contributed by atoms with E-state index in [0.29, 0.717) is 11.8 Å². The van der Waals surface area contributed by atoms with E-state index in [0.717, 1.165) is 54.5 Å². The van der Waals surface area contributed by atoms with E-state index in [1.54, 1.807) is 6.20 Å². The average Bonchev–Trinajstić information content (AvgIpc) is 3.23. The molecular formula is C27H30N4O. The van der Waals surface area contributed by atoms with Crippen molar-refractivity contribution in [3.63, 3.8) is 0 Å². The number of rotatable bonds is 6. The van der Waals surface area contributed by atoms with E-state index in [4.69, 9.17) is 9.72 Å². The molecule has 0 amide bonds. The summed E-state index contributed by atoms with van der Waals surface area (Å²) in [6.45, 7) is 6.43. The summed E-state index contributed by atoms with van der Waals surface area (Å²) in [5.41, 5.74) is 6.75. The molecule has 0 spiro atoms. The summed E-state index contributed by atoms with van der Waals surface area (Å²) in [4.78, 5) is 12.6. The summed E-state index contributed by atoms with van der Waals surface area (Å²) in [6, 6.07) is 15.5. The number of aromatic nitrogens is 3. The summed E-state index contributed by atoms with van der Waals surface area (Å²) in [5, 5.41) is 4.52. The van der Waals surface area contributed by atoms with Crippen LogP contribution in [0.4, 0.5) is 0 Å². The van der Waals surface area contributed by atoms with Crippen molar-refractivity contribution in [3.05, 3.63) is 66.6 Å². The molecule has 0 aliphatic carbocycles. The number of H-pyrrole nitrogens is 1. The minimum absolute atomic E-state index is 0.154. The number of nitrogens with one attached hydrogen (secondary N) is 2. The molecule has 5 rings (SSSR count). The summed E-state index contributed by atoms with van der Waals surface area (Å²) in [7, 11) is 0. The van der Waals surface area contributed by atoms with E-state index >= 15 is 0 Å². The molecule has 0 saturated carbocycles. The number of aromatic amines is 1. The van der Waals surface area contributed by atoms with Gasteiger partial charge in [0.1, 0.15) is 6.10 Å². The third-order valence-electron chi connectivity index (χ3n) is 6.04. The highest BCUT2D eigenvalue weighted by atomic mass is 16.5. The Morgan fingerprint density at radius 1 is 1.06 bits per heavy atom. The molecule has 3 heterocycles. The lowest BCUT2D eigenvalue weighted by Gasteiger charge is -2.23. The van der Waals surface area contributed by atoms with Crippen molar-refractivity contribution < 1.29 is 4.74 Å². The highest BCUT2D eigenvalue weighted by Crippen LogP contribution is 2.32. The van der Waals surface area contributed by atoms with Gasteiger partial charge in [-0.2, -0.15) is 0 Å². The highest BCUT2D eigenvalue weighted by molar-refractivity contribution is 5.97. The van der Waals surface area contributed by atoms with Crippen LogP contribution in [0.3, 0.4) is 0 Å². The van der Waals surface area contributed by atoms with Gasteiger partial charge in [-0.05, 0) is 60.5 Å². The Labute approximate surface area is 189 Å². The van der Waals surface area contributed by atoms with Crippen molar-refractivity contribution in [1.82, 2.24) is 20.3 Å². The lowest BCUT2D eigenvalue weighted by atomic mass is 9.98. The maximum absolute atomic E-state index is 6.09. The van der Waals surface area contributed by atoms with Crippen molar-refractivity contribution in [2.75, 3.05) is 13.1 Å². The smallest absolute Gasteiger partial charge is 0.233 e. The van der Waals surface area contributed by atoms with E-state index in [1.807, 2.05) is 12.4 Å². The van der Waals surface area contributed by atoms with Crippen LogP contribution in [0, 0.1) is 5.92 Å². The lowest BCUT2D eigenvalue weighted by molar-refractivity contribution is 0.160. The monoisotopic (exact) mass is 426 g/mol. The van der Waals surface area contributed by atoms with E-state index in [2.05, 4.69) is 71.6 Å². The fourth-order valence-corrected chi connectivity index (χ4v) is 4.44. The Bertz CT molecular complexity index is 1190. The SMILES string of the molecule is CC(C)Cc1ccc(-c2ccc3[nH]cc(-c4cncc(OC5CCCNC5)n4)c3c2)cc1. The van der Waals surface area contributed by atoms with Crippen LogP contribution >= 0.6 is 0 Å². The number of fused-ring (bicyclic) bond motifs is 1. The molecule has 164 valence electrons. The second kappa shape index (κ2) is 9.13. The number of piperidine rings is 1. The number of benzene rings is 2. The van der Waals surface area contributed by atoms with Crippen LogP contribution in [-0.4, -0.2) is 34.1 Å². The van der Waals surface area contributed by atoms with Crippen molar-refractivity contribution in [2.24, 2.45) is 5.92 Å². The topological polar surface area (TPSA) is 62.8 Å². The molecule has 2 aromatic heterocycles. The van der Waals surface area contributed by atoms with Crippen LogP contribution in [0.2, 0.25) is 0 Å². The van der Waals surface area contributed by atoms with Crippen LogP contribution in [-0.2, 0) is 6.42 Å². The van der Waals surface area contributed by atoms with Gasteiger partial charge in [0.05, 0.1) is 18.1 Å². The quantitative estimate of drug-likeness (QED) is 0.420.